The SMILES string of the molecule is Cc1[nH]c(=O)sc1S(=O)(=O)NC1CC(C)CC(C)C1. The van der Waals surface area contributed by atoms with Crippen molar-refractivity contribution in [2.75, 3.05) is 0 Å². The molecule has 1 heterocycles. The standard InChI is InChI=1S/C12H20N2O3S2/c1-7-4-8(2)6-10(5-7)14-19(16,17)11-9(3)13-12(15)18-11/h7-8,10,14H,4-6H2,1-3H3,(H,13,15). The molecule has 0 amide bonds. The number of rotatable bonds is 3. The molecule has 0 bridgehead atoms. The van der Waals surface area contributed by atoms with Crippen molar-refractivity contribution in [3.05, 3.63) is 15.4 Å². The summed E-state index contributed by atoms with van der Waals surface area (Å²) in [5.41, 5.74) is 0.416. The fourth-order valence-electron chi connectivity index (χ4n) is 2.96. The van der Waals surface area contributed by atoms with Gasteiger partial charge in [0.05, 0.1) is 0 Å². The number of H-pyrrole nitrogens is 1. The van der Waals surface area contributed by atoms with Gasteiger partial charge in [-0.2, -0.15) is 0 Å². The van der Waals surface area contributed by atoms with Crippen molar-refractivity contribution in [3.63, 3.8) is 0 Å². The van der Waals surface area contributed by atoms with E-state index in [0.29, 0.717) is 17.5 Å². The first-order valence-corrected chi connectivity index (χ1v) is 8.80. The van der Waals surface area contributed by atoms with Crippen LogP contribution in [0.5, 0.6) is 0 Å². The molecule has 5 nitrogen and oxygen atoms in total. The minimum Gasteiger partial charge on any atom is -0.315 e. The van der Waals surface area contributed by atoms with Crippen LogP contribution in [-0.2, 0) is 10.0 Å². The lowest BCUT2D eigenvalue weighted by atomic mass is 9.81. The van der Waals surface area contributed by atoms with Crippen molar-refractivity contribution >= 4 is 21.4 Å². The molecule has 0 radical (unpaired) electrons. The Hall–Kier alpha value is -0.660. The van der Waals surface area contributed by atoms with E-state index in [1.165, 1.54) is 0 Å². The zero-order chi connectivity index (χ0) is 14.2. The van der Waals surface area contributed by atoms with Gasteiger partial charge in [0.15, 0.2) is 4.21 Å². The van der Waals surface area contributed by atoms with Crippen LogP contribution in [0.1, 0.15) is 38.8 Å². The number of aromatic nitrogens is 1. The highest BCUT2D eigenvalue weighted by Gasteiger charge is 2.29. The molecule has 0 spiro atoms. The zero-order valence-corrected chi connectivity index (χ0v) is 13.0. The first kappa shape index (κ1) is 14.7. The van der Waals surface area contributed by atoms with Gasteiger partial charge in [0.25, 0.3) is 10.0 Å². The summed E-state index contributed by atoms with van der Waals surface area (Å²) in [4.78, 5) is 13.4. The summed E-state index contributed by atoms with van der Waals surface area (Å²) in [5.74, 6) is 1.06. The molecular formula is C12H20N2O3S2. The second-order valence-electron chi connectivity index (χ2n) is 5.66. The summed E-state index contributed by atoms with van der Waals surface area (Å²) >= 11 is 0.750. The molecule has 1 aromatic rings. The third-order valence-electron chi connectivity index (χ3n) is 3.53. The molecule has 2 unspecified atom stereocenters. The van der Waals surface area contributed by atoms with Gasteiger partial charge in [0.1, 0.15) is 0 Å². The molecule has 7 heteroatoms. The highest BCUT2D eigenvalue weighted by molar-refractivity contribution is 7.91. The molecule has 2 N–H and O–H groups in total. The van der Waals surface area contributed by atoms with Crippen molar-refractivity contribution in [1.29, 1.82) is 0 Å². The summed E-state index contributed by atoms with van der Waals surface area (Å²) in [5, 5.41) is 0. The van der Waals surface area contributed by atoms with Gasteiger partial charge in [-0.25, -0.2) is 13.1 Å². The summed E-state index contributed by atoms with van der Waals surface area (Å²) in [6.45, 7) is 5.91. The van der Waals surface area contributed by atoms with Crippen molar-refractivity contribution in [2.45, 2.75) is 50.3 Å². The Labute approximate surface area is 117 Å². The Morgan fingerprint density at radius 1 is 1.21 bits per heavy atom. The third kappa shape index (κ3) is 3.46. The van der Waals surface area contributed by atoms with E-state index >= 15 is 0 Å². The van der Waals surface area contributed by atoms with Crippen molar-refractivity contribution < 1.29 is 8.42 Å². The molecule has 1 fully saturated rings. The average molecular weight is 304 g/mol. The smallest absolute Gasteiger partial charge is 0.305 e. The van der Waals surface area contributed by atoms with Crippen molar-refractivity contribution in [1.82, 2.24) is 9.71 Å². The maximum Gasteiger partial charge on any atom is 0.305 e. The molecule has 108 valence electrons. The number of thiazole rings is 1. The van der Waals surface area contributed by atoms with E-state index in [1.54, 1.807) is 6.92 Å². The Balaban J connectivity index is 2.18. The first-order valence-electron chi connectivity index (χ1n) is 6.50. The molecule has 1 aliphatic carbocycles. The van der Waals surface area contributed by atoms with Gasteiger partial charge in [-0.1, -0.05) is 25.2 Å². The normalized spacial score (nSPS) is 28.5. The molecular weight excluding hydrogens is 284 g/mol. The van der Waals surface area contributed by atoms with E-state index in [0.717, 1.165) is 30.6 Å². The van der Waals surface area contributed by atoms with Crippen molar-refractivity contribution in [3.8, 4) is 0 Å². The van der Waals surface area contributed by atoms with Crippen LogP contribution in [0.15, 0.2) is 9.00 Å². The number of nitrogens with one attached hydrogen (secondary N) is 2. The number of aryl methyl sites for hydroxylation is 1. The maximum atomic E-state index is 12.3. The predicted octanol–water partition coefficient (Wildman–Crippen LogP) is 1.85. The van der Waals surface area contributed by atoms with Gasteiger partial charge in [-0.05, 0) is 38.0 Å². The fraction of sp³-hybridized carbons (Fsp3) is 0.750. The van der Waals surface area contributed by atoms with Crippen LogP contribution in [0.25, 0.3) is 0 Å². The van der Waals surface area contributed by atoms with Crippen LogP contribution in [0.4, 0.5) is 0 Å². The van der Waals surface area contributed by atoms with E-state index in [1.807, 2.05) is 0 Å². The summed E-state index contributed by atoms with van der Waals surface area (Å²) in [6.07, 6.45) is 2.87. The Kier molecular flexibility index (Phi) is 4.17. The highest BCUT2D eigenvalue weighted by atomic mass is 32.2. The van der Waals surface area contributed by atoms with Gasteiger partial charge in [0, 0.05) is 11.7 Å². The number of aromatic amines is 1. The molecule has 0 saturated heterocycles. The fourth-order valence-corrected chi connectivity index (χ4v) is 5.54. The molecule has 2 atom stereocenters. The molecule has 1 saturated carbocycles. The van der Waals surface area contributed by atoms with Gasteiger partial charge in [0.2, 0.25) is 0 Å². The van der Waals surface area contributed by atoms with Crippen LogP contribution < -0.4 is 9.60 Å². The molecule has 0 aliphatic heterocycles. The van der Waals surface area contributed by atoms with Gasteiger partial charge >= 0.3 is 4.87 Å². The second-order valence-corrected chi connectivity index (χ2v) is 8.56. The monoisotopic (exact) mass is 304 g/mol. The van der Waals surface area contributed by atoms with Crippen LogP contribution in [0, 0.1) is 18.8 Å². The van der Waals surface area contributed by atoms with Crippen LogP contribution in [-0.4, -0.2) is 19.4 Å². The first-order chi connectivity index (χ1) is 8.78. The summed E-state index contributed by atoms with van der Waals surface area (Å²) < 4.78 is 27.4. The predicted molar refractivity (Wildman–Crippen MR) is 76.0 cm³/mol. The molecule has 0 aromatic carbocycles. The topological polar surface area (TPSA) is 79.0 Å². The van der Waals surface area contributed by atoms with E-state index in [4.69, 9.17) is 0 Å². The third-order valence-corrected chi connectivity index (χ3v) is 6.65. The average Bonchev–Trinajstić information content (AvgIpc) is 2.56. The Morgan fingerprint density at radius 3 is 2.26 bits per heavy atom. The van der Waals surface area contributed by atoms with E-state index in [-0.39, 0.29) is 15.1 Å². The lowest BCUT2D eigenvalue weighted by Gasteiger charge is -2.31. The zero-order valence-electron chi connectivity index (χ0n) is 11.4. The lowest BCUT2D eigenvalue weighted by molar-refractivity contribution is 0.258. The summed E-state index contributed by atoms with van der Waals surface area (Å²) in [6, 6.07) is -0.0275. The van der Waals surface area contributed by atoms with Gasteiger partial charge in [-0.3, -0.25) is 4.79 Å². The number of sulfonamides is 1. The van der Waals surface area contributed by atoms with E-state index < -0.39 is 10.0 Å². The Bertz CT molecular complexity index is 593. The number of hydrogen-bond acceptors (Lipinski definition) is 4. The molecule has 2 rings (SSSR count). The van der Waals surface area contributed by atoms with Gasteiger partial charge < -0.3 is 4.98 Å². The molecule has 19 heavy (non-hydrogen) atoms. The largest absolute Gasteiger partial charge is 0.315 e. The summed E-state index contributed by atoms with van der Waals surface area (Å²) in [7, 11) is -3.58. The minimum absolute atomic E-state index is 0.0275. The van der Waals surface area contributed by atoms with Crippen LogP contribution in [0.2, 0.25) is 0 Å². The van der Waals surface area contributed by atoms with Crippen LogP contribution in [0.3, 0.4) is 0 Å². The highest BCUT2D eigenvalue weighted by Crippen LogP contribution is 2.29. The quantitative estimate of drug-likeness (QED) is 0.894. The Morgan fingerprint density at radius 2 is 1.79 bits per heavy atom. The van der Waals surface area contributed by atoms with Crippen LogP contribution >= 0.6 is 11.3 Å². The maximum absolute atomic E-state index is 12.3. The molecule has 1 aliphatic rings. The second kappa shape index (κ2) is 5.38. The van der Waals surface area contributed by atoms with E-state index in [2.05, 4.69) is 23.6 Å². The number of hydrogen-bond donors (Lipinski definition) is 2. The molecule has 1 aromatic heterocycles. The van der Waals surface area contributed by atoms with Crippen molar-refractivity contribution in [2.24, 2.45) is 11.8 Å². The lowest BCUT2D eigenvalue weighted by Crippen LogP contribution is -2.39. The minimum atomic E-state index is -3.58. The van der Waals surface area contributed by atoms with E-state index in [9.17, 15) is 13.2 Å². The van der Waals surface area contributed by atoms with Gasteiger partial charge in [-0.15, -0.1) is 0 Å².